The first-order valence-electron chi connectivity index (χ1n) is 5.06. The molecule has 70 valence electrons. The van der Waals surface area contributed by atoms with Crippen molar-refractivity contribution in [2.75, 3.05) is 0 Å². The predicted octanol–water partition coefficient (Wildman–Crippen LogP) is 2.50. The highest BCUT2D eigenvalue weighted by Gasteiger charge is 2.14. The van der Waals surface area contributed by atoms with Crippen LogP contribution in [0.3, 0.4) is 0 Å². The zero-order valence-corrected chi connectivity index (χ0v) is 8.43. The Hall–Kier alpha value is -0.820. The Kier molecular flexibility index (Phi) is 2.12. The molecule has 0 bridgehead atoms. The standard InChI is InChI=1S/C12H17N/c1-8-6-10-4-3-5-11(10)7-12(8)9(2)13/h6-7,9H,3-5,13H2,1-2H3. The zero-order chi connectivity index (χ0) is 9.42. The Bertz CT molecular complexity index is 326. The maximum Gasteiger partial charge on any atom is 0.0268 e. The maximum absolute atomic E-state index is 5.91. The molecule has 1 nitrogen and oxygen atoms in total. The molecule has 1 aliphatic rings. The van der Waals surface area contributed by atoms with Crippen molar-refractivity contribution < 1.29 is 0 Å². The summed E-state index contributed by atoms with van der Waals surface area (Å²) in [6.07, 6.45) is 3.82. The van der Waals surface area contributed by atoms with Gasteiger partial charge in [-0.2, -0.15) is 0 Å². The second-order valence-corrected chi connectivity index (χ2v) is 4.12. The number of benzene rings is 1. The molecule has 1 aromatic carbocycles. The molecule has 1 atom stereocenters. The summed E-state index contributed by atoms with van der Waals surface area (Å²) < 4.78 is 0. The fourth-order valence-electron chi connectivity index (χ4n) is 2.26. The minimum absolute atomic E-state index is 0.172. The lowest BCUT2D eigenvalue weighted by Crippen LogP contribution is -2.07. The van der Waals surface area contributed by atoms with E-state index in [0.29, 0.717) is 0 Å². The van der Waals surface area contributed by atoms with Crippen molar-refractivity contribution >= 4 is 0 Å². The molecule has 0 saturated carbocycles. The number of nitrogens with two attached hydrogens (primary N) is 1. The Morgan fingerprint density at radius 1 is 1.23 bits per heavy atom. The SMILES string of the molecule is Cc1cc2c(cc1C(C)N)CCC2. The Morgan fingerprint density at radius 3 is 2.46 bits per heavy atom. The Morgan fingerprint density at radius 2 is 1.85 bits per heavy atom. The van der Waals surface area contributed by atoms with Gasteiger partial charge in [0, 0.05) is 6.04 Å². The largest absolute Gasteiger partial charge is 0.324 e. The van der Waals surface area contributed by atoms with Gasteiger partial charge in [0.15, 0.2) is 0 Å². The Balaban J connectivity index is 2.49. The van der Waals surface area contributed by atoms with Crippen LogP contribution in [0.25, 0.3) is 0 Å². The van der Waals surface area contributed by atoms with Gasteiger partial charge in [0.1, 0.15) is 0 Å². The molecule has 0 aromatic heterocycles. The van der Waals surface area contributed by atoms with Crippen molar-refractivity contribution in [2.45, 2.75) is 39.2 Å². The van der Waals surface area contributed by atoms with E-state index < -0.39 is 0 Å². The molecular weight excluding hydrogens is 158 g/mol. The Labute approximate surface area is 80.0 Å². The summed E-state index contributed by atoms with van der Waals surface area (Å²) in [6, 6.07) is 4.80. The third kappa shape index (κ3) is 1.49. The van der Waals surface area contributed by atoms with E-state index in [2.05, 4.69) is 26.0 Å². The van der Waals surface area contributed by atoms with Gasteiger partial charge in [-0.3, -0.25) is 0 Å². The van der Waals surface area contributed by atoms with Crippen molar-refractivity contribution in [3.05, 3.63) is 34.4 Å². The molecule has 2 rings (SSSR count). The average Bonchev–Trinajstić information content (AvgIpc) is 2.48. The summed E-state index contributed by atoms with van der Waals surface area (Å²) in [7, 11) is 0. The highest BCUT2D eigenvalue weighted by atomic mass is 14.6. The first-order chi connectivity index (χ1) is 6.18. The fourth-order valence-corrected chi connectivity index (χ4v) is 2.26. The van der Waals surface area contributed by atoms with Gasteiger partial charge in [-0.05, 0) is 55.4 Å². The van der Waals surface area contributed by atoms with Gasteiger partial charge in [0.2, 0.25) is 0 Å². The van der Waals surface area contributed by atoms with Crippen LogP contribution in [-0.4, -0.2) is 0 Å². The predicted molar refractivity (Wildman–Crippen MR) is 55.8 cm³/mol. The number of fused-ring (bicyclic) bond motifs is 1. The summed E-state index contributed by atoms with van der Waals surface area (Å²) in [6.45, 7) is 4.22. The minimum atomic E-state index is 0.172. The lowest BCUT2D eigenvalue weighted by molar-refractivity contribution is 0.807. The second-order valence-electron chi connectivity index (χ2n) is 4.12. The molecule has 1 unspecified atom stereocenters. The van der Waals surface area contributed by atoms with Crippen LogP contribution in [0.1, 0.15) is 41.6 Å². The van der Waals surface area contributed by atoms with Crippen molar-refractivity contribution in [3.8, 4) is 0 Å². The second kappa shape index (κ2) is 3.15. The molecule has 2 N–H and O–H groups in total. The molecule has 0 amide bonds. The van der Waals surface area contributed by atoms with Crippen LogP contribution < -0.4 is 5.73 Å². The molecule has 0 saturated heterocycles. The van der Waals surface area contributed by atoms with E-state index in [1.165, 1.54) is 36.0 Å². The molecular formula is C12H17N. The molecule has 1 heteroatoms. The normalized spacial score (nSPS) is 17.2. The summed E-state index contributed by atoms with van der Waals surface area (Å²) in [4.78, 5) is 0. The van der Waals surface area contributed by atoms with Crippen LogP contribution in [0.5, 0.6) is 0 Å². The van der Waals surface area contributed by atoms with Crippen molar-refractivity contribution in [1.29, 1.82) is 0 Å². The summed E-state index contributed by atoms with van der Waals surface area (Å²) in [5.74, 6) is 0. The summed E-state index contributed by atoms with van der Waals surface area (Å²) >= 11 is 0. The summed E-state index contributed by atoms with van der Waals surface area (Å²) in [5.41, 5.74) is 11.7. The number of hydrogen-bond donors (Lipinski definition) is 1. The van der Waals surface area contributed by atoms with Gasteiger partial charge >= 0.3 is 0 Å². The third-order valence-corrected chi connectivity index (χ3v) is 2.97. The van der Waals surface area contributed by atoms with Crippen molar-refractivity contribution in [1.82, 2.24) is 0 Å². The number of rotatable bonds is 1. The van der Waals surface area contributed by atoms with Gasteiger partial charge in [0.25, 0.3) is 0 Å². The van der Waals surface area contributed by atoms with E-state index in [4.69, 9.17) is 5.73 Å². The minimum Gasteiger partial charge on any atom is -0.324 e. The van der Waals surface area contributed by atoms with E-state index in [-0.39, 0.29) is 6.04 Å². The smallest absolute Gasteiger partial charge is 0.0268 e. The van der Waals surface area contributed by atoms with Crippen LogP contribution >= 0.6 is 0 Å². The van der Waals surface area contributed by atoms with Gasteiger partial charge < -0.3 is 5.73 Å². The molecule has 0 heterocycles. The number of hydrogen-bond acceptors (Lipinski definition) is 1. The topological polar surface area (TPSA) is 26.0 Å². The van der Waals surface area contributed by atoms with E-state index in [9.17, 15) is 0 Å². The average molecular weight is 175 g/mol. The van der Waals surface area contributed by atoms with E-state index in [1.54, 1.807) is 5.56 Å². The zero-order valence-electron chi connectivity index (χ0n) is 8.43. The van der Waals surface area contributed by atoms with Crippen LogP contribution in [-0.2, 0) is 12.8 Å². The molecule has 0 aliphatic heterocycles. The quantitative estimate of drug-likeness (QED) is 0.697. The highest BCUT2D eigenvalue weighted by molar-refractivity contribution is 5.41. The van der Waals surface area contributed by atoms with Crippen molar-refractivity contribution in [2.24, 2.45) is 5.73 Å². The fraction of sp³-hybridized carbons (Fsp3) is 0.500. The number of aryl methyl sites for hydroxylation is 3. The van der Waals surface area contributed by atoms with Crippen LogP contribution in [0.4, 0.5) is 0 Å². The third-order valence-electron chi connectivity index (χ3n) is 2.97. The molecule has 1 aliphatic carbocycles. The monoisotopic (exact) mass is 175 g/mol. The van der Waals surface area contributed by atoms with Gasteiger partial charge in [-0.25, -0.2) is 0 Å². The van der Waals surface area contributed by atoms with E-state index >= 15 is 0 Å². The first-order valence-corrected chi connectivity index (χ1v) is 5.06. The van der Waals surface area contributed by atoms with Crippen LogP contribution in [0.2, 0.25) is 0 Å². The molecule has 13 heavy (non-hydrogen) atoms. The van der Waals surface area contributed by atoms with Gasteiger partial charge in [0.05, 0.1) is 0 Å². The maximum atomic E-state index is 5.91. The van der Waals surface area contributed by atoms with Crippen LogP contribution in [0, 0.1) is 6.92 Å². The lowest BCUT2D eigenvalue weighted by Gasteiger charge is -2.12. The molecule has 0 fully saturated rings. The highest BCUT2D eigenvalue weighted by Crippen LogP contribution is 2.27. The van der Waals surface area contributed by atoms with Gasteiger partial charge in [-0.15, -0.1) is 0 Å². The van der Waals surface area contributed by atoms with E-state index in [0.717, 1.165) is 0 Å². The van der Waals surface area contributed by atoms with Crippen LogP contribution in [0.15, 0.2) is 12.1 Å². The lowest BCUT2D eigenvalue weighted by atomic mass is 9.97. The summed E-state index contributed by atoms with van der Waals surface area (Å²) in [5, 5.41) is 0. The molecule has 1 aromatic rings. The van der Waals surface area contributed by atoms with Crippen molar-refractivity contribution in [3.63, 3.8) is 0 Å². The first kappa shape index (κ1) is 8.76. The van der Waals surface area contributed by atoms with E-state index in [1.807, 2.05) is 0 Å². The molecule has 0 spiro atoms. The van der Waals surface area contributed by atoms with Gasteiger partial charge in [-0.1, -0.05) is 12.1 Å². The molecule has 0 radical (unpaired) electrons.